The molecule has 0 fully saturated rings. The fourth-order valence-corrected chi connectivity index (χ4v) is 1.75. The van der Waals surface area contributed by atoms with Crippen LogP contribution in [0.15, 0.2) is 16.7 Å². The van der Waals surface area contributed by atoms with Crippen molar-refractivity contribution in [1.29, 1.82) is 0 Å². The van der Waals surface area contributed by atoms with Gasteiger partial charge < -0.3 is 4.57 Å². The van der Waals surface area contributed by atoms with Crippen LogP contribution in [0.3, 0.4) is 0 Å². The molecule has 0 spiro atoms. The number of carbonyl (C=O) groups is 1. The molecule has 4 nitrogen and oxygen atoms in total. The Balaban J connectivity index is 2.97. The first-order valence-electron chi connectivity index (χ1n) is 4.77. The second-order valence-electron chi connectivity index (χ2n) is 3.88. The largest absolute Gasteiger partial charge is 0.340 e. The molecule has 0 radical (unpaired) electrons. The molecule has 1 heterocycles. The van der Waals surface area contributed by atoms with Crippen LogP contribution < -0.4 is 5.43 Å². The zero-order valence-corrected chi connectivity index (χ0v) is 11.0. The van der Waals surface area contributed by atoms with Crippen LogP contribution in [0.1, 0.15) is 30.4 Å². The third-order valence-corrected chi connectivity index (χ3v) is 2.36. The molecular formula is C10H16BrN3O. The van der Waals surface area contributed by atoms with E-state index in [9.17, 15) is 4.79 Å². The van der Waals surface area contributed by atoms with Crippen LogP contribution in [0, 0.1) is 0 Å². The molecule has 0 unspecified atom stereocenters. The zero-order chi connectivity index (χ0) is 11.6. The van der Waals surface area contributed by atoms with Gasteiger partial charge in [-0.3, -0.25) is 10.2 Å². The van der Waals surface area contributed by atoms with Gasteiger partial charge in [0.25, 0.3) is 5.91 Å². The Bertz CT molecular complexity index is 358. The lowest BCUT2D eigenvalue weighted by molar-refractivity contribution is 0.0845. The van der Waals surface area contributed by atoms with Crippen LogP contribution in [0.2, 0.25) is 0 Å². The summed E-state index contributed by atoms with van der Waals surface area (Å²) in [4.78, 5) is 11.8. The van der Waals surface area contributed by atoms with Crippen molar-refractivity contribution in [2.45, 2.75) is 19.9 Å². The van der Waals surface area contributed by atoms with E-state index < -0.39 is 0 Å². The summed E-state index contributed by atoms with van der Waals surface area (Å²) in [5.41, 5.74) is 3.38. The second kappa shape index (κ2) is 4.81. The monoisotopic (exact) mass is 273 g/mol. The predicted octanol–water partition coefficient (Wildman–Crippen LogP) is 2.04. The predicted molar refractivity (Wildman–Crippen MR) is 63.7 cm³/mol. The highest BCUT2D eigenvalue weighted by Crippen LogP contribution is 2.19. The molecule has 15 heavy (non-hydrogen) atoms. The van der Waals surface area contributed by atoms with Crippen LogP contribution in [0.25, 0.3) is 0 Å². The molecule has 1 rings (SSSR count). The number of carbonyl (C=O) groups excluding carboxylic acids is 1. The van der Waals surface area contributed by atoms with E-state index in [-0.39, 0.29) is 11.9 Å². The van der Waals surface area contributed by atoms with Gasteiger partial charge in [0.05, 0.1) is 0 Å². The van der Waals surface area contributed by atoms with E-state index in [1.807, 2.05) is 30.7 Å². The highest BCUT2D eigenvalue weighted by molar-refractivity contribution is 9.10. The van der Waals surface area contributed by atoms with Crippen LogP contribution in [0.4, 0.5) is 0 Å². The number of hydrazine groups is 1. The van der Waals surface area contributed by atoms with Crippen molar-refractivity contribution in [2.75, 3.05) is 14.1 Å². The Hall–Kier alpha value is -0.810. The van der Waals surface area contributed by atoms with Gasteiger partial charge >= 0.3 is 0 Å². The van der Waals surface area contributed by atoms with Crippen molar-refractivity contribution in [3.63, 3.8) is 0 Å². The Morgan fingerprint density at radius 1 is 1.53 bits per heavy atom. The molecule has 1 aromatic rings. The molecule has 84 valence electrons. The molecule has 0 saturated heterocycles. The summed E-state index contributed by atoms with van der Waals surface area (Å²) in [7, 11) is 3.57. The molecule has 0 aliphatic rings. The number of aromatic nitrogens is 1. The van der Waals surface area contributed by atoms with Crippen molar-refractivity contribution in [2.24, 2.45) is 0 Å². The van der Waals surface area contributed by atoms with E-state index >= 15 is 0 Å². The zero-order valence-electron chi connectivity index (χ0n) is 9.41. The number of nitrogens with one attached hydrogen (secondary N) is 1. The van der Waals surface area contributed by atoms with E-state index in [4.69, 9.17) is 0 Å². The minimum Gasteiger partial charge on any atom is -0.340 e. The lowest BCUT2D eigenvalue weighted by Crippen LogP contribution is -2.37. The molecule has 5 heteroatoms. The summed E-state index contributed by atoms with van der Waals surface area (Å²) in [6.45, 7) is 4.08. The van der Waals surface area contributed by atoms with Gasteiger partial charge in [-0.1, -0.05) is 0 Å². The summed E-state index contributed by atoms with van der Waals surface area (Å²) in [5.74, 6) is -0.0978. The number of rotatable bonds is 3. The molecule has 0 saturated carbocycles. The molecular weight excluding hydrogens is 258 g/mol. The van der Waals surface area contributed by atoms with E-state index in [1.165, 1.54) is 0 Å². The first-order valence-corrected chi connectivity index (χ1v) is 5.56. The Kier molecular flexibility index (Phi) is 3.93. The maximum atomic E-state index is 11.8. The molecule has 0 bridgehead atoms. The number of amides is 1. The SMILES string of the molecule is CC(C)n1cc(Br)cc1C(=O)NN(C)C. The topological polar surface area (TPSA) is 37.3 Å². The molecule has 1 N–H and O–H groups in total. The molecule has 0 aliphatic heterocycles. The fourth-order valence-electron chi connectivity index (χ4n) is 1.32. The van der Waals surface area contributed by atoms with Gasteiger partial charge in [0.15, 0.2) is 0 Å². The van der Waals surface area contributed by atoms with Crippen LogP contribution in [-0.2, 0) is 0 Å². The third kappa shape index (κ3) is 3.07. The number of halogens is 1. The van der Waals surface area contributed by atoms with Crippen LogP contribution in [0.5, 0.6) is 0 Å². The lowest BCUT2D eigenvalue weighted by Gasteiger charge is -2.15. The first kappa shape index (κ1) is 12.3. The quantitative estimate of drug-likeness (QED) is 0.856. The Morgan fingerprint density at radius 3 is 2.60 bits per heavy atom. The normalized spacial score (nSPS) is 11.1. The van der Waals surface area contributed by atoms with Gasteiger partial charge in [-0.05, 0) is 35.8 Å². The molecule has 0 aromatic carbocycles. The average molecular weight is 274 g/mol. The van der Waals surface area contributed by atoms with E-state index in [0.29, 0.717) is 5.69 Å². The number of hydrogen-bond acceptors (Lipinski definition) is 2. The minimum absolute atomic E-state index is 0.0978. The second-order valence-corrected chi connectivity index (χ2v) is 4.80. The smallest absolute Gasteiger partial charge is 0.282 e. The molecule has 0 atom stereocenters. The number of hydrogen-bond donors (Lipinski definition) is 1. The summed E-state index contributed by atoms with van der Waals surface area (Å²) >= 11 is 3.37. The van der Waals surface area contributed by atoms with Gasteiger partial charge in [0.1, 0.15) is 5.69 Å². The van der Waals surface area contributed by atoms with Crippen molar-refractivity contribution in [3.8, 4) is 0 Å². The maximum absolute atomic E-state index is 11.8. The lowest BCUT2D eigenvalue weighted by atomic mass is 10.3. The van der Waals surface area contributed by atoms with Gasteiger partial charge in [-0.25, -0.2) is 5.01 Å². The van der Waals surface area contributed by atoms with E-state index in [1.54, 1.807) is 19.1 Å². The van der Waals surface area contributed by atoms with Crippen molar-refractivity contribution in [1.82, 2.24) is 15.0 Å². The molecule has 0 aliphatic carbocycles. The summed E-state index contributed by atoms with van der Waals surface area (Å²) < 4.78 is 2.85. The van der Waals surface area contributed by atoms with Gasteiger partial charge in [0, 0.05) is 30.8 Å². The van der Waals surface area contributed by atoms with Crippen molar-refractivity contribution < 1.29 is 4.79 Å². The summed E-state index contributed by atoms with van der Waals surface area (Å²) in [6.07, 6.45) is 1.91. The number of nitrogens with zero attached hydrogens (tertiary/aromatic N) is 2. The highest BCUT2D eigenvalue weighted by Gasteiger charge is 2.14. The van der Waals surface area contributed by atoms with Crippen LogP contribution in [-0.4, -0.2) is 29.6 Å². The van der Waals surface area contributed by atoms with E-state index in [0.717, 1.165) is 4.47 Å². The Labute approximate surface area is 98.3 Å². The standard InChI is InChI=1S/C10H16BrN3O/c1-7(2)14-6-8(11)5-9(14)10(15)12-13(3)4/h5-7H,1-4H3,(H,12,15). The van der Waals surface area contributed by atoms with Crippen LogP contribution >= 0.6 is 15.9 Å². The van der Waals surface area contributed by atoms with Crippen molar-refractivity contribution >= 4 is 21.8 Å². The average Bonchev–Trinajstić information content (AvgIpc) is 2.46. The van der Waals surface area contributed by atoms with Gasteiger partial charge in [-0.2, -0.15) is 0 Å². The summed E-state index contributed by atoms with van der Waals surface area (Å²) in [6, 6.07) is 2.08. The summed E-state index contributed by atoms with van der Waals surface area (Å²) in [5, 5.41) is 1.63. The molecule has 1 aromatic heterocycles. The van der Waals surface area contributed by atoms with Gasteiger partial charge in [-0.15, -0.1) is 0 Å². The van der Waals surface area contributed by atoms with E-state index in [2.05, 4.69) is 21.4 Å². The fraction of sp³-hybridized carbons (Fsp3) is 0.500. The maximum Gasteiger partial charge on any atom is 0.282 e. The molecule has 1 amide bonds. The Morgan fingerprint density at radius 2 is 2.13 bits per heavy atom. The van der Waals surface area contributed by atoms with Gasteiger partial charge in [0.2, 0.25) is 0 Å². The highest BCUT2D eigenvalue weighted by atomic mass is 79.9. The van der Waals surface area contributed by atoms with Crippen molar-refractivity contribution in [3.05, 3.63) is 22.4 Å². The minimum atomic E-state index is -0.0978. The first-order chi connectivity index (χ1) is 6.91. The third-order valence-electron chi connectivity index (χ3n) is 1.93.